The van der Waals surface area contributed by atoms with Gasteiger partial charge in [-0.2, -0.15) is 0 Å². The van der Waals surface area contributed by atoms with E-state index in [0.717, 1.165) is 0 Å². The third-order valence-electron chi connectivity index (χ3n) is 3.76. The minimum Gasteiger partial charge on any atom is -0.399 e. The Morgan fingerprint density at radius 2 is 1.36 bits per heavy atom. The van der Waals surface area contributed by atoms with E-state index in [1.165, 1.54) is 0 Å². The minimum atomic E-state index is -5.19. The molecule has 9 heteroatoms. The third-order valence-corrected chi connectivity index (χ3v) is 3.76. The number of rotatable bonds is 2. The van der Waals surface area contributed by atoms with Gasteiger partial charge >= 0.3 is 13.5 Å². The summed E-state index contributed by atoms with van der Waals surface area (Å²) in [5.41, 5.74) is -1.56. The van der Waals surface area contributed by atoms with Crippen LogP contribution in [0.4, 0.5) is 22.0 Å². The van der Waals surface area contributed by atoms with Gasteiger partial charge in [-0.15, -0.1) is 13.2 Å². The number of ether oxygens (including phenoxy) is 1. The van der Waals surface area contributed by atoms with Gasteiger partial charge in [0.05, 0.1) is 11.2 Å². The maximum Gasteiger partial charge on any atom is 0.573 e. The van der Waals surface area contributed by atoms with Gasteiger partial charge in [-0.1, -0.05) is 0 Å². The van der Waals surface area contributed by atoms with E-state index in [2.05, 4.69) is 4.74 Å². The smallest absolute Gasteiger partial charge is 0.399 e. The van der Waals surface area contributed by atoms with Gasteiger partial charge in [0.25, 0.3) is 0 Å². The zero-order valence-corrected chi connectivity index (χ0v) is 12.3. The first-order valence-electron chi connectivity index (χ1n) is 6.43. The predicted molar refractivity (Wildman–Crippen MR) is 68.8 cm³/mol. The van der Waals surface area contributed by atoms with Gasteiger partial charge in [-0.25, -0.2) is 8.78 Å². The summed E-state index contributed by atoms with van der Waals surface area (Å²) in [5, 5.41) is 0. The number of hydrogen-bond donors (Lipinski definition) is 0. The van der Waals surface area contributed by atoms with Crippen LogP contribution in [0, 0.1) is 11.6 Å². The quantitative estimate of drug-likeness (QED) is 0.618. The van der Waals surface area contributed by atoms with Crippen LogP contribution in [0.3, 0.4) is 0 Å². The fourth-order valence-corrected chi connectivity index (χ4v) is 1.91. The zero-order chi connectivity index (χ0) is 16.9. The number of alkyl halides is 3. The van der Waals surface area contributed by atoms with Crippen molar-refractivity contribution in [3.05, 3.63) is 23.8 Å². The van der Waals surface area contributed by atoms with Crippen molar-refractivity contribution in [1.29, 1.82) is 0 Å². The summed E-state index contributed by atoms with van der Waals surface area (Å²) in [6, 6.07) is 1.40. The van der Waals surface area contributed by atoms with Crippen LogP contribution in [-0.2, 0) is 9.31 Å². The van der Waals surface area contributed by atoms with Crippen molar-refractivity contribution in [2.45, 2.75) is 45.3 Å². The van der Waals surface area contributed by atoms with Crippen molar-refractivity contribution in [2.75, 3.05) is 0 Å². The fraction of sp³-hybridized carbons (Fsp3) is 0.538. The van der Waals surface area contributed by atoms with Gasteiger partial charge in [0.15, 0.2) is 11.6 Å². The zero-order valence-electron chi connectivity index (χ0n) is 12.3. The monoisotopic (exact) mass is 324 g/mol. The van der Waals surface area contributed by atoms with Crippen molar-refractivity contribution in [1.82, 2.24) is 0 Å². The molecule has 0 amide bonds. The topological polar surface area (TPSA) is 27.7 Å². The molecule has 1 aliphatic rings. The van der Waals surface area contributed by atoms with Crippen LogP contribution >= 0.6 is 0 Å². The van der Waals surface area contributed by atoms with E-state index in [1.807, 2.05) is 0 Å². The van der Waals surface area contributed by atoms with Gasteiger partial charge in [0.1, 0.15) is 0 Å². The molecule has 2 rings (SSSR count). The average Bonchev–Trinajstić information content (AvgIpc) is 2.52. The Labute approximate surface area is 124 Å². The Morgan fingerprint density at radius 1 is 0.955 bits per heavy atom. The van der Waals surface area contributed by atoms with Crippen molar-refractivity contribution in [3.8, 4) is 5.75 Å². The van der Waals surface area contributed by atoms with Gasteiger partial charge in [0.2, 0.25) is 5.75 Å². The summed E-state index contributed by atoms with van der Waals surface area (Å²) in [6.07, 6.45) is -5.19. The molecule has 122 valence electrons. The van der Waals surface area contributed by atoms with E-state index in [9.17, 15) is 22.0 Å². The minimum absolute atomic E-state index is 0.0665. The van der Waals surface area contributed by atoms with Crippen LogP contribution in [0.1, 0.15) is 27.7 Å². The molecule has 1 heterocycles. The molecule has 3 nitrogen and oxygen atoms in total. The highest BCUT2D eigenvalue weighted by atomic mass is 19.4. The molecular formula is C13H14BF5O3. The second-order valence-electron chi connectivity index (χ2n) is 5.95. The van der Waals surface area contributed by atoms with Crippen LogP contribution < -0.4 is 10.2 Å². The molecule has 1 saturated heterocycles. The molecule has 1 aliphatic heterocycles. The molecule has 0 N–H and O–H groups in total. The molecule has 0 spiro atoms. The van der Waals surface area contributed by atoms with Crippen LogP contribution in [0.25, 0.3) is 0 Å². The Balaban J connectivity index is 2.32. The van der Waals surface area contributed by atoms with E-state index in [0.29, 0.717) is 12.1 Å². The molecule has 22 heavy (non-hydrogen) atoms. The fourth-order valence-electron chi connectivity index (χ4n) is 1.91. The third kappa shape index (κ3) is 3.20. The van der Waals surface area contributed by atoms with E-state index in [1.54, 1.807) is 27.7 Å². The molecule has 0 saturated carbocycles. The van der Waals surface area contributed by atoms with Gasteiger partial charge in [-0.3, -0.25) is 0 Å². The molecule has 1 aromatic carbocycles. The summed E-state index contributed by atoms with van der Waals surface area (Å²) < 4.78 is 78.2. The van der Waals surface area contributed by atoms with Crippen LogP contribution in [0.2, 0.25) is 0 Å². The van der Waals surface area contributed by atoms with Crippen LogP contribution in [0.5, 0.6) is 5.75 Å². The molecule has 0 aliphatic carbocycles. The van der Waals surface area contributed by atoms with E-state index >= 15 is 0 Å². The molecule has 0 atom stereocenters. The van der Waals surface area contributed by atoms with Crippen molar-refractivity contribution >= 4 is 12.6 Å². The lowest BCUT2D eigenvalue weighted by Crippen LogP contribution is -2.41. The number of benzene rings is 1. The largest absolute Gasteiger partial charge is 0.573 e. The lowest BCUT2D eigenvalue weighted by Gasteiger charge is -2.32. The second-order valence-corrected chi connectivity index (χ2v) is 5.95. The Hall–Kier alpha value is -1.35. The summed E-state index contributed by atoms with van der Waals surface area (Å²) >= 11 is 0. The molecule has 0 unspecified atom stereocenters. The second kappa shape index (κ2) is 5.09. The SMILES string of the molecule is CC1(C)OB(c2cc(F)c(OC(F)(F)F)c(F)c2)OC1(C)C. The first kappa shape index (κ1) is 17.0. The molecule has 0 bridgehead atoms. The lowest BCUT2D eigenvalue weighted by atomic mass is 9.79. The highest BCUT2D eigenvalue weighted by Crippen LogP contribution is 2.37. The lowest BCUT2D eigenvalue weighted by molar-refractivity contribution is -0.276. The van der Waals surface area contributed by atoms with Crippen molar-refractivity contribution < 1.29 is 36.0 Å². The van der Waals surface area contributed by atoms with E-state index < -0.39 is 42.1 Å². The van der Waals surface area contributed by atoms with Gasteiger partial charge < -0.3 is 14.0 Å². The first-order valence-corrected chi connectivity index (χ1v) is 6.43. The van der Waals surface area contributed by atoms with Gasteiger partial charge in [-0.05, 0) is 45.3 Å². The van der Waals surface area contributed by atoms with E-state index in [-0.39, 0.29) is 5.46 Å². The molecule has 1 fully saturated rings. The molecule has 0 radical (unpaired) electrons. The maximum absolute atomic E-state index is 13.7. The number of halogens is 5. The van der Waals surface area contributed by atoms with Crippen LogP contribution in [0.15, 0.2) is 12.1 Å². The summed E-state index contributed by atoms with van der Waals surface area (Å²) in [6.45, 7) is 6.95. The van der Waals surface area contributed by atoms with E-state index in [4.69, 9.17) is 9.31 Å². The molecule has 1 aromatic rings. The van der Waals surface area contributed by atoms with Gasteiger partial charge in [0, 0.05) is 0 Å². The highest BCUT2D eigenvalue weighted by molar-refractivity contribution is 6.62. The average molecular weight is 324 g/mol. The molecular weight excluding hydrogens is 310 g/mol. The summed E-state index contributed by atoms with van der Waals surface area (Å²) in [5.74, 6) is -4.48. The van der Waals surface area contributed by atoms with Crippen molar-refractivity contribution in [2.24, 2.45) is 0 Å². The van der Waals surface area contributed by atoms with Crippen LogP contribution in [-0.4, -0.2) is 24.7 Å². The Bertz CT molecular complexity index is 547. The Morgan fingerprint density at radius 3 is 1.73 bits per heavy atom. The maximum atomic E-state index is 13.7. The number of hydrogen-bond acceptors (Lipinski definition) is 3. The first-order chi connectivity index (χ1) is 9.82. The predicted octanol–water partition coefficient (Wildman–Crippen LogP) is 3.16. The standard InChI is InChI=1S/C13H14BF5O3/c1-11(2)12(3,4)22-14(21-11)7-5-8(15)10(9(16)6-7)20-13(17,18)19/h5-6H,1-4H3. The highest BCUT2D eigenvalue weighted by Gasteiger charge is 2.52. The normalized spacial score (nSPS) is 20.3. The van der Waals surface area contributed by atoms with Crippen molar-refractivity contribution in [3.63, 3.8) is 0 Å². The molecule has 0 aromatic heterocycles. The Kier molecular flexibility index (Phi) is 3.94. The summed E-state index contributed by atoms with van der Waals surface area (Å²) in [7, 11) is -1.09. The summed E-state index contributed by atoms with van der Waals surface area (Å²) in [4.78, 5) is 0.